The summed E-state index contributed by atoms with van der Waals surface area (Å²) in [5, 5.41) is 0. The van der Waals surface area contributed by atoms with Gasteiger partial charge >= 0.3 is 0 Å². The Morgan fingerprint density at radius 2 is 1.66 bits per heavy atom. The topological polar surface area (TPSA) is 43.9 Å². The number of fused-ring (bicyclic) bond motifs is 1. The molecule has 2 aliphatic rings. The van der Waals surface area contributed by atoms with E-state index in [2.05, 4.69) is 11.9 Å². The van der Waals surface area contributed by atoms with Gasteiger partial charge in [0.25, 0.3) is 0 Å². The standard InChI is InChI=1S/C24H29N3O2/c1-25-13-8-14-27(16-15-25)22(28)18-24(17-19-9-4-3-5-10-19)20-11-6-7-12-21(20)26(2)23(24)29/h3-7,9-12H,8,13-18H2,1-2H3. The fourth-order valence-corrected chi connectivity index (χ4v) is 4.73. The first kappa shape index (κ1) is 19.6. The van der Waals surface area contributed by atoms with Gasteiger partial charge < -0.3 is 14.7 Å². The van der Waals surface area contributed by atoms with E-state index in [1.165, 1.54) is 0 Å². The minimum absolute atomic E-state index is 0.0165. The van der Waals surface area contributed by atoms with Crippen molar-refractivity contribution in [3.63, 3.8) is 0 Å². The number of carbonyl (C=O) groups excluding carboxylic acids is 2. The van der Waals surface area contributed by atoms with Crippen LogP contribution in [0.5, 0.6) is 0 Å². The van der Waals surface area contributed by atoms with E-state index in [1.54, 1.807) is 4.90 Å². The van der Waals surface area contributed by atoms with Crippen LogP contribution in [0.2, 0.25) is 0 Å². The minimum Gasteiger partial charge on any atom is -0.341 e. The van der Waals surface area contributed by atoms with Gasteiger partial charge in [0, 0.05) is 38.8 Å². The third kappa shape index (κ3) is 3.67. The van der Waals surface area contributed by atoms with E-state index in [-0.39, 0.29) is 18.2 Å². The van der Waals surface area contributed by atoms with Crippen molar-refractivity contribution < 1.29 is 9.59 Å². The third-order valence-electron chi connectivity index (χ3n) is 6.37. The zero-order valence-corrected chi connectivity index (χ0v) is 17.3. The molecular weight excluding hydrogens is 362 g/mol. The Hall–Kier alpha value is -2.66. The summed E-state index contributed by atoms with van der Waals surface area (Å²) in [6.07, 6.45) is 1.72. The van der Waals surface area contributed by atoms with Gasteiger partial charge in [-0.15, -0.1) is 0 Å². The van der Waals surface area contributed by atoms with Crippen LogP contribution in [0.15, 0.2) is 54.6 Å². The number of anilines is 1. The van der Waals surface area contributed by atoms with E-state index in [0.29, 0.717) is 6.42 Å². The highest BCUT2D eigenvalue weighted by Gasteiger charge is 2.51. The molecule has 0 aliphatic carbocycles. The molecule has 0 aromatic heterocycles. The smallest absolute Gasteiger partial charge is 0.238 e. The van der Waals surface area contributed by atoms with Gasteiger partial charge in [-0.25, -0.2) is 0 Å². The van der Waals surface area contributed by atoms with Crippen molar-refractivity contribution >= 4 is 17.5 Å². The normalized spacial score (nSPS) is 22.5. The van der Waals surface area contributed by atoms with E-state index < -0.39 is 5.41 Å². The number of para-hydroxylation sites is 1. The summed E-state index contributed by atoms with van der Waals surface area (Å²) in [7, 11) is 3.91. The zero-order valence-electron chi connectivity index (χ0n) is 17.3. The predicted molar refractivity (Wildman–Crippen MR) is 115 cm³/mol. The highest BCUT2D eigenvalue weighted by Crippen LogP contribution is 2.45. The second-order valence-corrected chi connectivity index (χ2v) is 8.34. The van der Waals surface area contributed by atoms with E-state index >= 15 is 0 Å². The van der Waals surface area contributed by atoms with Crippen molar-refractivity contribution in [2.75, 3.05) is 45.2 Å². The first-order chi connectivity index (χ1) is 14.0. The van der Waals surface area contributed by atoms with Gasteiger partial charge in [0.1, 0.15) is 0 Å². The quantitative estimate of drug-likeness (QED) is 0.805. The van der Waals surface area contributed by atoms with Gasteiger partial charge in [-0.3, -0.25) is 9.59 Å². The van der Waals surface area contributed by atoms with Gasteiger partial charge in [-0.2, -0.15) is 0 Å². The van der Waals surface area contributed by atoms with Crippen LogP contribution in [-0.4, -0.2) is 61.9 Å². The van der Waals surface area contributed by atoms with E-state index in [0.717, 1.165) is 49.4 Å². The van der Waals surface area contributed by atoms with Crippen LogP contribution in [0, 0.1) is 0 Å². The SMILES string of the molecule is CN1CCCN(C(=O)CC2(Cc3ccccc3)C(=O)N(C)c3ccccc32)CC1. The first-order valence-corrected chi connectivity index (χ1v) is 10.4. The number of likely N-dealkylation sites (N-methyl/N-ethyl adjacent to an activating group) is 2. The summed E-state index contributed by atoms with van der Waals surface area (Å²) < 4.78 is 0. The van der Waals surface area contributed by atoms with E-state index in [9.17, 15) is 9.59 Å². The molecular formula is C24H29N3O2. The van der Waals surface area contributed by atoms with Crippen LogP contribution in [0.25, 0.3) is 0 Å². The fourth-order valence-electron chi connectivity index (χ4n) is 4.73. The molecule has 1 atom stereocenters. The molecule has 2 aliphatic heterocycles. The molecule has 0 bridgehead atoms. The summed E-state index contributed by atoms with van der Waals surface area (Å²) in [5.41, 5.74) is 2.12. The van der Waals surface area contributed by atoms with Crippen LogP contribution in [0.4, 0.5) is 5.69 Å². The molecule has 1 fully saturated rings. The monoisotopic (exact) mass is 391 g/mol. The van der Waals surface area contributed by atoms with Crippen molar-refractivity contribution in [2.45, 2.75) is 24.7 Å². The van der Waals surface area contributed by atoms with Crippen LogP contribution in [0.1, 0.15) is 24.0 Å². The maximum atomic E-state index is 13.6. The number of amides is 2. The molecule has 2 aromatic rings. The number of hydrogen-bond acceptors (Lipinski definition) is 3. The maximum Gasteiger partial charge on any atom is 0.238 e. The summed E-state index contributed by atoms with van der Waals surface area (Å²) >= 11 is 0. The van der Waals surface area contributed by atoms with Crippen LogP contribution >= 0.6 is 0 Å². The number of carbonyl (C=O) groups is 2. The molecule has 0 radical (unpaired) electrons. The molecule has 0 N–H and O–H groups in total. The lowest BCUT2D eigenvalue weighted by Gasteiger charge is -2.31. The van der Waals surface area contributed by atoms with Crippen molar-refractivity contribution in [3.8, 4) is 0 Å². The molecule has 1 unspecified atom stereocenters. The number of hydrogen-bond donors (Lipinski definition) is 0. The Bertz CT molecular complexity index is 898. The van der Waals surface area contributed by atoms with Gasteiger partial charge in [0.05, 0.1) is 5.41 Å². The molecule has 2 amide bonds. The van der Waals surface area contributed by atoms with Gasteiger partial charge in [0.15, 0.2) is 0 Å². The van der Waals surface area contributed by atoms with Crippen molar-refractivity contribution in [1.82, 2.24) is 9.80 Å². The Morgan fingerprint density at radius 1 is 0.931 bits per heavy atom. The second-order valence-electron chi connectivity index (χ2n) is 8.34. The average molecular weight is 392 g/mol. The lowest BCUT2D eigenvalue weighted by Crippen LogP contribution is -2.46. The Balaban J connectivity index is 1.70. The van der Waals surface area contributed by atoms with Gasteiger partial charge in [-0.1, -0.05) is 48.5 Å². The van der Waals surface area contributed by atoms with Gasteiger partial charge in [0.2, 0.25) is 11.8 Å². The third-order valence-corrected chi connectivity index (χ3v) is 6.37. The predicted octanol–water partition coefficient (Wildman–Crippen LogP) is 2.70. The minimum atomic E-state index is -0.845. The maximum absolute atomic E-state index is 13.6. The van der Waals surface area contributed by atoms with Gasteiger partial charge in [-0.05, 0) is 43.6 Å². The summed E-state index contributed by atoms with van der Waals surface area (Å²) in [6, 6.07) is 18.0. The highest BCUT2D eigenvalue weighted by atomic mass is 16.2. The van der Waals surface area contributed by atoms with Crippen molar-refractivity contribution in [1.29, 1.82) is 0 Å². The largest absolute Gasteiger partial charge is 0.341 e. The molecule has 2 aromatic carbocycles. The van der Waals surface area contributed by atoms with E-state index in [4.69, 9.17) is 0 Å². The summed E-state index contributed by atoms with van der Waals surface area (Å²) in [5.74, 6) is 0.0949. The number of benzene rings is 2. The highest BCUT2D eigenvalue weighted by molar-refractivity contribution is 6.09. The molecule has 5 nitrogen and oxygen atoms in total. The molecule has 1 saturated heterocycles. The molecule has 2 heterocycles. The zero-order chi connectivity index (χ0) is 20.4. The molecule has 0 spiro atoms. The molecule has 152 valence electrons. The van der Waals surface area contributed by atoms with Crippen LogP contribution < -0.4 is 4.90 Å². The summed E-state index contributed by atoms with van der Waals surface area (Å²) in [6.45, 7) is 3.37. The van der Waals surface area contributed by atoms with Crippen molar-refractivity contribution in [2.24, 2.45) is 0 Å². The number of nitrogens with zero attached hydrogens (tertiary/aromatic N) is 3. The molecule has 5 heteroatoms. The molecule has 29 heavy (non-hydrogen) atoms. The fraction of sp³-hybridized carbons (Fsp3) is 0.417. The van der Waals surface area contributed by atoms with E-state index in [1.807, 2.05) is 66.5 Å². The Morgan fingerprint density at radius 3 is 2.45 bits per heavy atom. The summed E-state index contributed by atoms with van der Waals surface area (Å²) in [4.78, 5) is 32.9. The van der Waals surface area contributed by atoms with Crippen LogP contribution in [-0.2, 0) is 21.4 Å². The number of rotatable bonds is 4. The second kappa shape index (κ2) is 7.99. The van der Waals surface area contributed by atoms with Crippen molar-refractivity contribution in [3.05, 3.63) is 65.7 Å². The Kier molecular flexibility index (Phi) is 5.41. The van der Waals surface area contributed by atoms with Crippen LogP contribution in [0.3, 0.4) is 0 Å². The lowest BCUT2D eigenvalue weighted by atomic mass is 9.73. The molecule has 0 saturated carbocycles. The average Bonchev–Trinajstić information content (AvgIpc) is 2.88. The lowest BCUT2D eigenvalue weighted by molar-refractivity contribution is -0.136. The Labute approximate surface area is 172 Å². The first-order valence-electron chi connectivity index (χ1n) is 10.4. The molecule has 4 rings (SSSR count).